The molecule has 1 nitrogen and oxygen atoms in total. The molecule has 0 spiro atoms. The first-order valence-corrected chi connectivity index (χ1v) is 7.72. The van der Waals surface area contributed by atoms with Crippen molar-refractivity contribution in [1.29, 1.82) is 0 Å². The fourth-order valence-electron chi connectivity index (χ4n) is 2.21. The number of hydrogen-bond acceptors (Lipinski definition) is 2. The number of benzene rings is 1. The van der Waals surface area contributed by atoms with E-state index in [0.717, 1.165) is 21.3 Å². The van der Waals surface area contributed by atoms with Gasteiger partial charge in [-0.3, -0.25) is 0 Å². The van der Waals surface area contributed by atoms with Crippen LogP contribution >= 0.6 is 27.3 Å². The molecule has 3 heteroatoms. The van der Waals surface area contributed by atoms with Gasteiger partial charge in [0.25, 0.3) is 0 Å². The van der Waals surface area contributed by atoms with Gasteiger partial charge in [0.15, 0.2) is 0 Å². The van der Waals surface area contributed by atoms with E-state index in [-0.39, 0.29) is 0 Å². The highest BCUT2D eigenvalue weighted by molar-refractivity contribution is 9.10. The topological polar surface area (TPSA) is 20.2 Å². The summed E-state index contributed by atoms with van der Waals surface area (Å²) in [5.74, 6) is 0.427. The number of halogens is 1. The van der Waals surface area contributed by atoms with Gasteiger partial charge >= 0.3 is 0 Å². The third-order valence-corrected chi connectivity index (χ3v) is 4.45. The van der Waals surface area contributed by atoms with Gasteiger partial charge in [0.1, 0.15) is 5.60 Å². The van der Waals surface area contributed by atoms with Crippen molar-refractivity contribution in [3.63, 3.8) is 0 Å². The summed E-state index contributed by atoms with van der Waals surface area (Å²) in [5, 5.41) is 13.1. The molecule has 2 rings (SSSR count). The van der Waals surface area contributed by atoms with E-state index < -0.39 is 5.60 Å². The largest absolute Gasteiger partial charge is 0.380 e. The Morgan fingerprint density at radius 1 is 1.28 bits per heavy atom. The van der Waals surface area contributed by atoms with Gasteiger partial charge in [-0.05, 0) is 41.5 Å². The van der Waals surface area contributed by atoms with Gasteiger partial charge in [-0.2, -0.15) is 0 Å². The Hall–Kier alpha value is -0.640. The fourth-order valence-corrected chi connectivity index (χ4v) is 3.47. The summed E-state index contributed by atoms with van der Waals surface area (Å²) in [7, 11) is 0. The summed E-state index contributed by atoms with van der Waals surface area (Å²) in [6.07, 6.45) is 0.726. The number of thiophene rings is 1. The summed E-state index contributed by atoms with van der Waals surface area (Å²) < 4.78 is 0.999. The molecule has 1 aromatic heterocycles. The lowest BCUT2D eigenvalue weighted by atomic mass is 9.84. The van der Waals surface area contributed by atoms with Crippen LogP contribution < -0.4 is 0 Å². The molecule has 2 aromatic rings. The van der Waals surface area contributed by atoms with Crippen molar-refractivity contribution in [2.75, 3.05) is 0 Å². The maximum atomic E-state index is 11.1. The summed E-state index contributed by atoms with van der Waals surface area (Å²) in [6, 6.07) is 11.9. The molecule has 1 atom stereocenters. The molecule has 1 unspecified atom stereocenters. The van der Waals surface area contributed by atoms with E-state index in [1.165, 1.54) is 0 Å². The highest BCUT2D eigenvalue weighted by atomic mass is 79.9. The average molecular weight is 325 g/mol. The molecule has 0 radical (unpaired) electrons. The van der Waals surface area contributed by atoms with Crippen molar-refractivity contribution in [3.8, 4) is 0 Å². The second-order valence-electron chi connectivity index (χ2n) is 4.95. The molecule has 1 aromatic carbocycles. The Kier molecular flexibility index (Phi) is 4.25. The van der Waals surface area contributed by atoms with Gasteiger partial charge in [-0.15, -0.1) is 11.3 Å². The molecular formula is C15H17BrOS. The molecule has 0 aliphatic carbocycles. The van der Waals surface area contributed by atoms with Crippen LogP contribution in [-0.2, 0) is 5.60 Å². The quantitative estimate of drug-likeness (QED) is 0.857. The predicted molar refractivity (Wildman–Crippen MR) is 80.9 cm³/mol. The minimum absolute atomic E-state index is 0.427. The fraction of sp³-hybridized carbons (Fsp3) is 0.333. The molecule has 0 amide bonds. The zero-order valence-corrected chi connectivity index (χ0v) is 13.0. The normalized spacial score (nSPS) is 14.7. The van der Waals surface area contributed by atoms with Crippen LogP contribution in [0.3, 0.4) is 0 Å². The minimum atomic E-state index is -0.883. The average Bonchev–Trinajstić information content (AvgIpc) is 2.81. The van der Waals surface area contributed by atoms with Crippen LogP contribution in [-0.4, -0.2) is 5.11 Å². The van der Waals surface area contributed by atoms with Crippen molar-refractivity contribution < 1.29 is 5.11 Å². The van der Waals surface area contributed by atoms with Gasteiger partial charge in [-0.1, -0.05) is 48.0 Å². The minimum Gasteiger partial charge on any atom is -0.380 e. The van der Waals surface area contributed by atoms with Crippen LogP contribution in [0.2, 0.25) is 0 Å². The molecule has 0 aliphatic rings. The van der Waals surface area contributed by atoms with E-state index in [1.54, 1.807) is 11.3 Å². The molecule has 0 aliphatic heterocycles. The Labute approximate surface area is 121 Å². The third-order valence-electron chi connectivity index (χ3n) is 2.93. The summed E-state index contributed by atoms with van der Waals surface area (Å²) in [4.78, 5) is 1.01. The SMILES string of the molecule is CC(C)CC(O)(c1cccc(Br)c1)c1cccs1. The first kappa shape index (κ1) is 13.8. The predicted octanol–water partition coefficient (Wildman–Crippen LogP) is 4.79. The van der Waals surface area contributed by atoms with E-state index in [0.29, 0.717) is 5.92 Å². The second kappa shape index (κ2) is 5.55. The van der Waals surface area contributed by atoms with Gasteiger partial charge in [-0.25, -0.2) is 0 Å². The molecule has 96 valence electrons. The van der Waals surface area contributed by atoms with Crippen LogP contribution in [0.15, 0.2) is 46.3 Å². The van der Waals surface area contributed by atoms with Crippen molar-refractivity contribution in [2.45, 2.75) is 25.9 Å². The number of rotatable bonds is 4. The zero-order valence-electron chi connectivity index (χ0n) is 10.6. The van der Waals surface area contributed by atoms with Crippen LogP contribution in [0, 0.1) is 5.92 Å². The summed E-state index contributed by atoms with van der Waals surface area (Å²) in [6.45, 7) is 4.27. The lowest BCUT2D eigenvalue weighted by molar-refractivity contribution is 0.0610. The van der Waals surface area contributed by atoms with Crippen molar-refractivity contribution in [3.05, 3.63) is 56.7 Å². The van der Waals surface area contributed by atoms with Crippen molar-refractivity contribution in [2.24, 2.45) is 5.92 Å². The second-order valence-corrected chi connectivity index (χ2v) is 6.81. The molecule has 1 heterocycles. The highest BCUT2D eigenvalue weighted by Gasteiger charge is 2.33. The van der Waals surface area contributed by atoms with Gasteiger partial charge in [0, 0.05) is 9.35 Å². The molecule has 0 saturated heterocycles. The standard InChI is InChI=1S/C15H17BrOS/c1-11(2)10-15(17,14-7-4-8-18-14)12-5-3-6-13(16)9-12/h3-9,11,17H,10H2,1-2H3. The molecule has 1 N–H and O–H groups in total. The maximum absolute atomic E-state index is 11.1. The van der Waals surface area contributed by atoms with E-state index >= 15 is 0 Å². The van der Waals surface area contributed by atoms with Gasteiger partial charge in [0.2, 0.25) is 0 Å². The van der Waals surface area contributed by atoms with Crippen LogP contribution in [0.4, 0.5) is 0 Å². The monoisotopic (exact) mass is 324 g/mol. The van der Waals surface area contributed by atoms with Gasteiger partial charge < -0.3 is 5.11 Å². The van der Waals surface area contributed by atoms with Crippen LogP contribution in [0.1, 0.15) is 30.7 Å². The lowest BCUT2D eigenvalue weighted by Crippen LogP contribution is -2.28. The van der Waals surface area contributed by atoms with E-state index in [9.17, 15) is 5.11 Å². The highest BCUT2D eigenvalue weighted by Crippen LogP contribution is 2.38. The Morgan fingerprint density at radius 3 is 2.61 bits per heavy atom. The van der Waals surface area contributed by atoms with Crippen molar-refractivity contribution in [1.82, 2.24) is 0 Å². The van der Waals surface area contributed by atoms with Crippen molar-refractivity contribution >= 4 is 27.3 Å². The summed E-state index contributed by atoms with van der Waals surface area (Å²) in [5.41, 5.74) is 0.0691. The third kappa shape index (κ3) is 2.85. The van der Waals surface area contributed by atoms with Gasteiger partial charge in [0.05, 0.1) is 0 Å². The molecule has 0 saturated carbocycles. The Balaban J connectivity index is 2.48. The van der Waals surface area contributed by atoms with Crippen LogP contribution in [0.5, 0.6) is 0 Å². The molecular weight excluding hydrogens is 308 g/mol. The Morgan fingerprint density at radius 2 is 2.06 bits per heavy atom. The van der Waals surface area contributed by atoms with E-state index in [4.69, 9.17) is 0 Å². The number of hydrogen-bond donors (Lipinski definition) is 1. The Bertz CT molecular complexity index is 507. The molecule has 0 fully saturated rings. The molecule has 0 bridgehead atoms. The zero-order chi connectivity index (χ0) is 13.2. The molecule has 18 heavy (non-hydrogen) atoms. The van der Waals surface area contributed by atoms with E-state index in [1.807, 2.05) is 41.8 Å². The number of aliphatic hydroxyl groups is 1. The van der Waals surface area contributed by atoms with Crippen LogP contribution in [0.25, 0.3) is 0 Å². The smallest absolute Gasteiger partial charge is 0.124 e. The summed E-state index contributed by atoms with van der Waals surface area (Å²) >= 11 is 5.08. The first-order valence-electron chi connectivity index (χ1n) is 6.05. The maximum Gasteiger partial charge on any atom is 0.124 e. The van der Waals surface area contributed by atoms with E-state index in [2.05, 4.69) is 29.8 Å². The lowest BCUT2D eigenvalue weighted by Gasteiger charge is -2.29. The first-order chi connectivity index (χ1) is 8.52.